The SMILES string of the molecule is c1ccc(Cc2cnc3cc4cn[nH]c4cc3n2)cc1. The first-order chi connectivity index (χ1) is 9.88. The van der Waals surface area contributed by atoms with Gasteiger partial charge in [0, 0.05) is 18.0 Å². The van der Waals surface area contributed by atoms with Crippen LogP contribution in [0.2, 0.25) is 0 Å². The van der Waals surface area contributed by atoms with Crippen molar-refractivity contribution in [3.05, 3.63) is 66.1 Å². The van der Waals surface area contributed by atoms with E-state index in [1.165, 1.54) is 5.56 Å². The van der Waals surface area contributed by atoms with Crippen LogP contribution in [0.5, 0.6) is 0 Å². The Morgan fingerprint density at radius 2 is 1.85 bits per heavy atom. The molecule has 0 unspecified atom stereocenters. The van der Waals surface area contributed by atoms with Gasteiger partial charge in [0.2, 0.25) is 0 Å². The summed E-state index contributed by atoms with van der Waals surface area (Å²) in [6, 6.07) is 14.3. The maximum atomic E-state index is 4.69. The van der Waals surface area contributed by atoms with E-state index in [1.54, 1.807) is 6.20 Å². The van der Waals surface area contributed by atoms with E-state index in [-0.39, 0.29) is 0 Å². The van der Waals surface area contributed by atoms with Gasteiger partial charge in [-0.05, 0) is 17.7 Å². The minimum atomic E-state index is 0.796. The van der Waals surface area contributed by atoms with Gasteiger partial charge in [-0.3, -0.25) is 10.1 Å². The van der Waals surface area contributed by atoms with Crippen LogP contribution >= 0.6 is 0 Å². The molecule has 20 heavy (non-hydrogen) atoms. The fraction of sp³-hybridized carbons (Fsp3) is 0.0625. The zero-order chi connectivity index (χ0) is 13.4. The number of aromatic nitrogens is 4. The molecule has 0 radical (unpaired) electrons. The lowest BCUT2D eigenvalue weighted by Gasteiger charge is -2.03. The van der Waals surface area contributed by atoms with Crippen molar-refractivity contribution >= 4 is 21.9 Å². The average molecular weight is 260 g/mol. The number of benzene rings is 2. The second-order valence-electron chi connectivity index (χ2n) is 4.82. The first kappa shape index (κ1) is 11.1. The molecule has 1 N–H and O–H groups in total. The van der Waals surface area contributed by atoms with Gasteiger partial charge in [-0.25, -0.2) is 4.98 Å². The fourth-order valence-corrected chi connectivity index (χ4v) is 2.38. The third-order valence-corrected chi connectivity index (χ3v) is 3.38. The standard InChI is InChI=1S/C16H12N4/c1-2-4-11(5-3-1)6-13-10-17-15-7-12-9-18-20-14(12)8-16(15)19-13/h1-5,7-10H,6H2,(H,18,20). The molecule has 4 rings (SSSR count). The molecule has 0 aliphatic carbocycles. The van der Waals surface area contributed by atoms with Crippen molar-refractivity contribution in [1.29, 1.82) is 0 Å². The number of rotatable bonds is 2. The predicted octanol–water partition coefficient (Wildman–Crippen LogP) is 3.10. The molecule has 2 aromatic carbocycles. The van der Waals surface area contributed by atoms with Gasteiger partial charge in [0.25, 0.3) is 0 Å². The summed E-state index contributed by atoms with van der Waals surface area (Å²) in [7, 11) is 0. The van der Waals surface area contributed by atoms with E-state index in [0.29, 0.717) is 0 Å². The van der Waals surface area contributed by atoms with Crippen molar-refractivity contribution in [3.63, 3.8) is 0 Å². The summed E-state index contributed by atoms with van der Waals surface area (Å²) in [5, 5.41) is 8.05. The highest BCUT2D eigenvalue weighted by molar-refractivity contribution is 5.92. The molecule has 0 aliphatic rings. The van der Waals surface area contributed by atoms with Crippen LogP contribution < -0.4 is 0 Å². The zero-order valence-corrected chi connectivity index (χ0v) is 10.7. The molecule has 96 valence electrons. The van der Waals surface area contributed by atoms with Crippen molar-refractivity contribution in [1.82, 2.24) is 20.2 Å². The Morgan fingerprint density at radius 3 is 2.75 bits per heavy atom. The van der Waals surface area contributed by atoms with Gasteiger partial charge in [0.1, 0.15) is 0 Å². The van der Waals surface area contributed by atoms with Crippen LogP contribution in [0.25, 0.3) is 21.9 Å². The molecule has 0 spiro atoms. The molecular weight excluding hydrogens is 248 g/mol. The van der Waals surface area contributed by atoms with E-state index in [1.807, 2.05) is 36.5 Å². The number of H-pyrrole nitrogens is 1. The van der Waals surface area contributed by atoms with Gasteiger partial charge in [-0.2, -0.15) is 5.10 Å². The van der Waals surface area contributed by atoms with E-state index in [4.69, 9.17) is 0 Å². The smallest absolute Gasteiger partial charge is 0.0911 e. The van der Waals surface area contributed by atoms with E-state index < -0.39 is 0 Å². The highest BCUT2D eigenvalue weighted by Gasteiger charge is 2.04. The Bertz CT molecular complexity index is 881. The summed E-state index contributed by atoms with van der Waals surface area (Å²) < 4.78 is 0. The van der Waals surface area contributed by atoms with Gasteiger partial charge in [0.05, 0.1) is 28.4 Å². The molecule has 0 saturated carbocycles. The third-order valence-electron chi connectivity index (χ3n) is 3.38. The summed E-state index contributed by atoms with van der Waals surface area (Å²) >= 11 is 0. The molecule has 4 aromatic rings. The Hall–Kier alpha value is -2.75. The Morgan fingerprint density at radius 1 is 0.950 bits per heavy atom. The topological polar surface area (TPSA) is 54.5 Å². The minimum absolute atomic E-state index is 0.796. The van der Waals surface area contributed by atoms with Crippen LogP contribution in [0, 0.1) is 0 Å². The summed E-state index contributed by atoms with van der Waals surface area (Å²) in [5.41, 5.74) is 5.00. The Kier molecular flexibility index (Phi) is 2.45. The largest absolute Gasteiger partial charge is 0.278 e. The number of aromatic amines is 1. The lowest BCUT2D eigenvalue weighted by molar-refractivity contribution is 1.07. The van der Waals surface area contributed by atoms with Crippen molar-refractivity contribution < 1.29 is 0 Å². The molecule has 0 amide bonds. The second-order valence-corrected chi connectivity index (χ2v) is 4.82. The molecule has 2 aromatic heterocycles. The Balaban J connectivity index is 1.79. The second kappa shape index (κ2) is 4.42. The number of fused-ring (bicyclic) bond motifs is 2. The number of nitrogens with zero attached hydrogens (tertiary/aromatic N) is 3. The van der Waals surface area contributed by atoms with Crippen molar-refractivity contribution in [2.45, 2.75) is 6.42 Å². The minimum Gasteiger partial charge on any atom is -0.278 e. The molecule has 0 saturated heterocycles. The van der Waals surface area contributed by atoms with Gasteiger partial charge in [0.15, 0.2) is 0 Å². The first-order valence-electron chi connectivity index (χ1n) is 6.51. The molecule has 2 heterocycles. The summed E-state index contributed by atoms with van der Waals surface area (Å²) in [4.78, 5) is 9.19. The van der Waals surface area contributed by atoms with E-state index in [9.17, 15) is 0 Å². The zero-order valence-electron chi connectivity index (χ0n) is 10.7. The maximum Gasteiger partial charge on any atom is 0.0911 e. The highest BCUT2D eigenvalue weighted by atomic mass is 15.1. The van der Waals surface area contributed by atoms with Crippen LogP contribution in [0.1, 0.15) is 11.3 Å². The average Bonchev–Trinajstić information content (AvgIpc) is 2.93. The van der Waals surface area contributed by atoms with Gasteiger partial charge >= 0.3 is 0 Å². The summed E-state index contributed by atoms with van der Waals surface area (Å²) in [6.07, 6.45) is 4.44. The van der Waals surface area contributed by atoms with Crippen molar-refractivity contribution in [3.8, 4) is 0 Å². The molecule has 0 bridgehead atoms. The first-order valence-corrected chi connectivity index (χ1v) is 6.51. The summed E-state index contributed by atoms with van der Waals surface area (Å²) in [5.74, 6) is 0. The van der Waals surface area contributed by atoms with Crippen molar-refractivity contribution in [2.24, 2.45) is 0 Å². The fourth-order valence-electron chi connectivity index (χ4n) is 2.38. The molecule has 0 aliphatic heterocycles. The third kappa shape index (κ3) is 1.91. The Labute approximate surface area is 115 Å². The quantitative estimate of drug-likeness (QED) is 0.602. The van der Waals surface area contributed by atoms with Crippen molar-refractivity contribution in [2.75, 3.05) is 0 Å². The highest BCUT2D eigenvalue weighted by Crippen LogP contribution is 2.18. The molecule has 0 fully saturated rings. The van der Waals surface area contributed by atoms with Crippen LogP contribution in [0.3, 0.4) is 0 Å². The molecule has 0 atom stereocenters. The summed E-state index contributed by atoms with van der Waals surface area (Å²) in [6.45, 7) is 0. The lowest BCUT2D eigenvalue weighted by atomic mass is 10.1. The van der Waals surface area contributed by atoms with Crippen LogP contribution in [-0.4, -0.2) is 20.2 Å². The predicted molar refractivity (Wildman–Crippen MR) is 78.4 cm³/mol. The van der Waals surface area contributed by atoms with E-state index >= 15 is 0 Å². The number of nitrogens with one attached hydrogen (secondary N) is 1. The van der Waals surface area contributed by atoms with Gasteiger partial charge in [-0.1, -0.05) is 30.3 Å². The number of hydrogen-bond donors (Lipinski definition) is 1. The number of hydrogen-bond acceptors (Lipinski definition) is 3. The van der Waals surface area contributed by atoms with Gasteiger partial charge < -0.3 is 0 Å². The van der Waals surface area contributed by atoms with Crippen LogP contribution in [-0.2, 0) is 6.42 Å². The molecule has 4 nitrogen and oxygen atoms in total. The molecule has 4 heteroatoms. The van der Waals surface area contributed by atoms with Crippen LogP contribution in [0.4, 0.5) is 0 Å². The van der Waals surface area contributed by atoms with Gasteiger partial charge in [-0.15, -0.1) is 0 Å². The lowest BCUT2D eigenvalue weighted by Crippen LogP contribution is -1.94. The van der Waals surface area contributed by atoms with E-state index in [0.717, 1.165) is 34.1 Å². The molecular formula is C16H12N4. The maximum absolute atomic E-state index is 4.69. The monoisotopic (exact) mass is 260 g/mol. The van der Waals surface area contributed by atoms with E-state index in [2.05, 4.69) is 32.3 Å². The normalized spacial score (nSPS) is 11.2. The van der Waals surface area contributed by atoms with Crippen LogP contribution in [0.15, 0.2) is 54.9 Å².